The summed E-state index contributed by atoms with van der Waals surface area (Å²) in [6.45, 7) is 1.40. The zero-order valence-electron chi connectivity index (χ0n) is 13.1. The van der Waals surface area contributed by atoms with Crippen molar-refractivity contribution in [3.05, 3.63) is 23.5 Å². The van der Waals surface area contributed by atoms with Crippen LogP contribution in [0, 0.1) is 12.7 Å². The molecule has 1 aromatic carbocycles. The predicted octanol–water partition coefficient (Wildman–Crippen LogP) is 3.53. The Bertz CT molecular complexity index is 776. The molecule has 25 heavy (non-hydrogen) atoms. The van der Waals surface area contributed by atoms with Gasteiger partial charge in [0.2, 0.25) is 5.91 Å². The molecule has 2 aliphatic rings. The van der Waals surface area contributed by atoms with Crippen molar-refractivity contribution in [1.29, 1.82) is 0 Å². The van der Waals surface area contributed by atoms with Crippen LogP contribution in [0.1, 0.15) is 18.4 Å². The topological polar surface area (TPSA) is 49.7 Å². The van der Waals surface area contributed by atoms with Crippen LogP contribution in [0.2, 0.25) is 0 Å². The number of halogens is 4. The number of alkyl halides is 3. The average Bonchev–Trinajstić information content (AvgIpc) is 3.24. The fourth-order valence-electron chi connectivity index (χ4n) is 2.45. The maximum atomic E-state index is 14.2. The van der Waals surface area contributed by atoms with Crippen molar-refractivity contribution in [3.63, 3.8) is 0 Å². The highest BCUT2D eigenvalue weighted by atomic mass is 32.2. The van der Waals surface area contributed by atoms with Crippen molar-refractivity contribution >= 4 is 39.3 Å². The summed E-state index contributed by atoms with van der Waals surface area (Å²) < 4.78 is 63.6. The van der Waals surface area contributed by atoms with Gasteiger partial charge in [-0.3, -0.25) is 13.9 Å². The van der Waals surface area contributed by atoms with Gasteiger partial charge in [-0.05, 0) is 37.5 Å². The number of hydrogen-bond donors (Lipinski definition) is 0. The first-order valence-electron chi connectivity index (χ1n) is 7.44. The second-order valence-electron chi connectivity index (χ2n) is 5.85. The van der Waals surface area contributed by atoms with Gasteiger partial charge in [-0.2, -0.15) is 13.2 Å². The van der Waals surface area contributed by atoms with Gasteiger partial charge >= 0.3 is 6.18 Å². The highest BCUT2D eigenvalue weighted by Crippen LogP contribution is 2.36. The van der Waals surface area contributed by atoms with Gasteiger partial charge in [-0.25, -0.2) is 9.38 Å². The normalized spacial score (nSPS) is 21.2. The minimum atomic E-state index is -4.59. The molecule has 1 atom stereocenters. The van der Waals surface area contributed by atoms with Gasteiger partial charge in [-0.15, -0.1) is 0 Å². The molecule has 1 saturated heterocycles. The third-order valence-corrected chi connectivity index (χ3v) is 6.17. The van der Waals surface area contributed by atoms with E-state index in [2.05, 4.69) is 4.99 Å². The van der Waals surface area contributed by atoms with Crippen LogP contribution in [0.4, 0.5) is 23.2 Å². The predicted molar refractivity (Wildman–Crippen MR) is 87.9 cm³/mol. The number of amidine groups is 1. The van der Waals surface area contributed by atoms with Gasteiger partial charge in [0.15, 0.2) is 5.17 Å². The molecule has 0 spiro atoms. The smallest absolute Gasteiger partial charge is 0.287 e. The average molecular weight is 394 g/mol. The van der Waals surface area contributed by atoms with Gasteiger partial charge in [0.1, 0.15) is 17.3 Å². The molecule has 1 aliphatic carbocycles. The molecule has 1 amide bonds. The summed E-state index contributed by atoms with van der Waals surface area (Å²) in [7, 11) is -2.35. The monoisotopic (exact) mass is 394 g/mol. The Balaban J connectivity index is 1.94. The molecule has 3 rings (SSSR count). The van der Waals surface area contributed by atoms with Crippen molar-refractivity contribution in [1.82, 2.24) is 4.90 Å². The number of hydrogen-bond acceptors (Lipinski definition) is 4. The number of nitrogens with zero attached hydrogens (tertiary/aromatic N) is 2. The highest BCUT2D eigenvalue weighted by Gasteiger charge is 2.40. The van der Waals surface area contributed by atoms with Gasteiger partial charge in [0.25, 0.3) is 0 Å². The standard InChI is InChI=1S/C15H14F4N2O2S2/c1-8-4-10(16)11(5-12(8)25(23)7-15(17,18)19)20-14-21(9-2-3-9)13(22)6-24-14/h4-5,9H,2-3,6-7H2,1H3. The third-order valence-electron chi connectivity index (χ3n) is 3.71. The van der Waals surface area contributed by atoms with E-state index in [1.807, 2.05) is 0 Å². The molecule has 0 radical (unpaired) electrons. The molecular weight excluding hydrogens is 380 g/mol. The lowest BCUT2D eigenvalue weighted by Crippen LogP contribution is -2.31. The van der Waals surface area contributed by atoms with Crippen molar-refractivity contribution in [3.8, 4) is 0 Å². The Kier molecular flexibility index (Phi) is 4.93. The molecule has 1 aliphatic heterocycles. The van der Waals surface area contributed by atoms with Crippen LogP contribution < -0.4 is 0 Å². The van der Waals surface area contributed by atoms with Crippen LogP contribution in [0.15, 0.2) is 22.0 Å². The summed E-state index contributed by atoms with van der Waals surface area (Å²) >= 11 is 1.16. The van der Waals surface area contributed by atoms with E-state index in [0.717, 1.165) is 36.7 Å². The SMILES string of the molecule is Cc1cc(F)c(N=C2SCC(=O)N2C2CC2)cc1S(=O)CC(F)(F)F. The van der Waals surface area contributed by atoms with Crippen molar-refractivity contribution in [2.45, 2.75) is 36.9 Å². The lowest BCUT2D eigenvalue weighted by atomic mass is 10.2. The lowest BCUT2D eigenvalue weighted by Gasteiger charge is -2.15. The fourth-order valence-corrected chi connectivity index (χ4v) is 4.51. The number of thioether (sulfide) groups is 1. The van der Waals surface area contributed by atoms with Gasteiger partial charge in [0.05, 0.1) is 16.6 Å². The lowest BCUT2D eigenvalue weighted by molar-refractivity contribution is -0.124. The van der Waals surface area contributed by atoms with Crippen LogP contribution in [-0.4, -0.2) is 43.9 Å². The number of aliphatic imine (C=N–C) groups is 1. The van der Waals surface area contributed by atoms with Crippen LogP contribution in [0.25, 0.3) is 0 Å². The fraction of sp³-hybridized carbons (Fsp3) is 0.467. The second-order valence-corrected chi connectivity index (χ2v) is 8.21. The van der Waals surface area contributed by atoms with E-state index in [9.17, 15) is 26.6 Å². The summed E-state index contributed by atoms with van der Waals surface area (Å²) in [4.78, 5) is 17.4. The Morgan fingerprint density at radius 2 is 2.04 bits per heavy atom. The minimum Gasteiger partial charge on any atom is -0.287 e. The highest BCUT2D eigenvalue weighted by molar-refractivity contribution is 8.15. The van der Waals surface area contributed by atoms with E-state index >= 15 is 0 Å². The van der Waals surface area contributed by atoms with Crippen LogP contribution in [-0.2, 0) is 15.6 Å². The van der Waals surface area contributed by atoms with Crippen molar-refractivity contribution in [2.24, 2.45) is 4.99 Å². The van der Waals surface area contributed by atoms with Crippen LogP contribution in [0.3, 0.4) is 0 Å². The maximum absolute atomic E-state index is 14.2. The van der Waals surface area contributed by atoms with Gasteiger partial charge in [-0.1, -0.05) is 11.8 Å². The molecule has 1 heterocycles. The molecule has 1 saturated carbocycles. The van der Waals surface area contributed by atoms with E-state index < -0.39 is 28.5 Å². The molecule has 1 aromatic rings. The number of benzene rings is 1. The number of carbonyl (C=O) groups is 1. The van der Waals surface area contributed by atoms with E-state index in [1.54, 1.807) is 0 Å². The number of rotatable bonds is 4. The number of carbonyl (C=O) groups excluding carboxylic acids is 1. The van der Waals surface area contributed by atoms with Gasteiger partial charge < -0.3 is 0 Å². The summed E-state index contributed by atoms with van der Waals surface area (Å²) in [6.07, 6.45) is -2.89. The molecule has 136 valence electrons. The van der Waals surface area contributed by atoms with E-state index in [-0.39, 0.29) is 33.8 Å². The Morgan fingerprint density at radius 1 is 1.36 bits per heavy atom. The van der Waals surface area contributed by atoms with Crippen molar-refractivity contribution < 1.29 is 26.6 Å². The molecular formula is C15H14F4N2O2S2. The Morgan fingerprint density at radius 3 is 2.64 bits per heavy atom. The third kappa shape index (κ3) is 4.22. The molecule has 1 unspecified atom stereocenters. The molecule has 0 aromatic heterocycles. The number of aryl methyl sites for hydroxylation is 1. The maximum Gasteiger partial charge on any atom is 0.400 e. The largest absolute Gasteiger partial charge is 0.400 e. The molecule has 4 nitrogen and oxygen atoms in total. The Hall–Kier alpha value is -1.42. The first kappa shape index (κ1) is 18.4. The quantitative estimate of drug-likeness (QED) is 0.734. The van der Waals surface area contributed by atoms with E-state index in [0.29, 0.717) is 5.17 Å². The first-order valence-corrected chi connectivity index (χ1v) is 9.75. The van der Waals surface area contributed by atoms with E-state index in [1.165, 1.54) is 11.8 Å². The van der Waals surface area contributed by atoms with Gasteiger partial charge in [0, 0.05) is 10.9 Å². The second kappa shape index (κ2) is 6.71. The summed E-state index contributed by atoms with van der Waals surface area (Å²) in [5, 5.41) is 0.336. The summed E-state index contributed by atoms with van der Waals surface area (Å²) in [5.74, 6) is -2.14. The molecule has 2 fully saturated rings. The molecule has 0 N–H and O–H groups in total. The van der Waals surface area contributed by atoms with Crippen molar-refractivity contribution in [2.75, 3.05) is 11.5 Å². The zero-order chi connectivity index (χ0) is 18.4. The Labute approximate surface area is 148 Å². The summed E-state index contributed by atoms with van der Waals surface area (Å²) in [5.41, 5.74) is -0.0443. The van der Waals surface area contributed by atoms with E-state index in [4.69, 9.17) is 0 Å². The summed E-state index contributed by atoms with van der Waals surface area (Å²) in [6, 6.07) is 2.16. The zero-order valence-corrected chi connectivity index (χ0v) is 14.7. The van der Waals surface area contributed by atoms with Crippen LogP contribution in [0.5, 0.6) is 0 Å². The van der Waals surface area contributed by atoms with Crippen LogP contribution >= 0.6 is 11.8 Å². The number of amides is 1. The first-order chi connectivity index (χ1) is 11.7. The minimum absolute atomic E-state index is 0.0635. The molecule has 0 bridgehead atoms. The molecule has 10 heteroatoms.